The third-order valence-electron chi connectivity index (χ3n) is 2.83. The van der Waals surface area contributed by atoms with Crippen LogP contribution in [0.3, 0.4) is 0 Å². The zero-order chi connectivity index (χ0) is 11.5. The van der Waals surface area contributed by atoms with Crippen LogP contribution >= 0.6 is 0 Å². The molecule has 0 radical (unpaired) electrons. The monoisotopic (exact) mass is 208 g/mol. The summed E-state index contributed by atoms with van der Waals surface area (Å²) in [5.41, 5.74) is 3.89. The summed E-state index contributed by atoms with van der Waals surface area (Å²) in [6.45, 7) is 7.98. The summed E-state index contributed by atoms with van der Waals surface area (Å²) in [5.74, 6) is 0. The molecule has 2 aromatic carbocycles. The van der Waals surface area contributed by atoms with Gasteiger partial charge in [-0.25, -0.2) is 0 Å². The molecular formula is C16H16. The summed E-state index contributed by atoms with van der Waals surface area (Å²) < 4.78 is 0. The molecule has 0 aromatic heterocycles. The van der Waals surface area contributed by atoms with E-state index in [0.717, 1.165) is 0 Å². The highest BCUT2D eigenvalue weighted by atomic mass is 14.1. The molecule has 0 saturated heterocycles. The zero-order valence-corrected chi connectivity index (χ0v) is 9.83. The molecule has 0 aliphatic carbocycles. The van der Waals surface area contributed by atoms with Crippen molar-refractivity contribution in [3.63, 3.8) is 0 Å². The van der Waals surface area contributed by atoms with Crippen LogP contribution in [0.1, 0.15) is 16.7 Å². The Labute approximate surface area is 96.9 Å². The highest BCUT2D eigenvalue weighted by Gasteiger charge is 2.01. The third kappa shape index (κ3) is 1.92. The van der Waals surface area contributed by atoms with Crippen LogP contribution in [0, 0.1) is 13.8 Å². The van der Waals surface area contributed by atoms with Crippen molar-refractivity contribution in [2.24, 2.45) is 0 Å². The molecule has 0 heteroatoms. The fraction of sp³-hybridized carbons (Fsp3) is 0.125. The maximum absolute atomic E-state index is 3.71. The van der Waals surface area contributed by atoms with Crippen LogP contribution in [0.4, 0.5) is 0 Å². The number of hydrogen-bond acceptors (Lipinski definition) is 0. The van der Waals surface area contributed by atoms with Gasteiger partial charge >= 0.3 is 0 Å². The molecule has 0 fully saturated rings. The van der Waals surface area contributed by atoms with Gasteiger partial charge in [-0.1, -0.05) is 60.7 Å². The van der Waals surface area contributed by atoms with Crippen molar-refractivity contribution >= 4 is 16.8 Å². The van der Waals surface area contributed by atoms with Gasteiger partial charge in [0.05, 0.1) is 0 Å². The topological polar surface area (TPSA) is 0 Å². The van der Waals surface area contributed by atoms with Gasteiger partial charge in [-0.15, -0.1) is 0 Å². The van der Waals surface area contributed by atoms with Gasteiger partial charge in [0.2, 0.25) is 0 Å². The second-order valence-corrected chi connectivity index (χ2v) is 4.12. The number of rotatable bonds is 2. The van der Waals surface area contributed by atoms with E-state index < -0.39 is 0 Å². The minimum atomic E-state index is 1.29. The van der Waals surface area contributed by atoms with Gasteiger partial charge in [0.25, 0.3) is 0 Å². The molecule has 2 aromatic rings. The summed E-state index contributed by atoms with van der Waals surface area (Å²) in [7, 11) is 0. The lowest BCUT2D eigenvalue weighted by molar-refractivity contribution is 1.45. The Kier molecular flexibility index (Phi) is 2.91. The quantitative estimate of drug-likeness (QED) is 0.630. The molecule has 16 heavy (non-hydrogen) atoms. The third-order valence-corrected chi connectivity index (χ3v) is 2.83. The predicted molar refractivity (Wildman–Crippen MR) is 72.7 cm³/mol. The lowest BCUT2D eigenvalue weighted by Crippen LogP contribution is -1.84. The maximum atomic E-state index is 3.71. The van der Waals surface area contributed by atoms with Gasteiger partial charge in [-0.3, -0.25) is 0 Å². The first-order chi connectivity index (χ1) is 7.72. The molecule has 0 bridgehead atoms. The van der Waals surface area contributed by atoms with Gasteiger partial charge in [-0.05, 0) is 35.7 Å². The molecule has 0 nitrogen and oxygen atoms in total. The fourth-order valence-electron chi connectivity index (χ4n) is 1.97. The summed E-state index contributed by atoms with van der Waals surface area (Å²) >= 11 is 0. The predicted octanol–water partition coefficient (Wildman–Crippen LogP) is 4.66. The molecule has 0 aliphatic heterocycles. The van der Waals surface area contributed by atoms with E-state index in [9.17, 15) is 0 Å². The van der Waals surface area contributed by atoms with Crippen molar-refractivity contribution in [1.82, 2.24) is 0 Å². The van der Waals surface area contributed by atoms with E-state index in [4.69, 9.17) is 0 Å². The van der Waals surface area contributed by atoms with E-state index in [1.807, 2.05) is 12.2 Å². The standard InChI is InChI=1S/C16H16/c1-4-5-6-15-13(3)8-9-14-11-12(2)7-10-16(14)15/h4-11H,1H2,2-3H3/b6-5-. The first kappa shape index (κ1) is 10.7. The van der Waals surface area contributed by atoms with Gasteiger partial charge in [0, 0.05) is 0 Å². The van der Waals surface area contributed by atoms with Crippen LogP contribution in [0.5, 0.6) is 0 Å². The first-order valence-corrected chi connectivity index (χ1v) is 5.51. The highest BCUT2D eigenvalue weighted by molar-refractivity contribution is 5.92. The minimum absolute atomic E-state index is 1.29. The maximum Gasteiger partial charge on any atom is -0.0109 e. The molecule has 0 aliphatic rings. The molecule has 2 rings (SSSR count). The number of allylic oxidation sites excluding steroid dienone is 2. The largest absolute Gasteiger partial charge is 0.0991 e. The zero-order valence-electron chi connectivity index (χ0n) is 9.83. The minimum Gasteiger partial charge on any atom is -0.0991 e. The van der Waals surface area contributed by atoms with Crippen molar-refractivity contribution in [3.05, 3.63) is 65.8 Å². The van der Waals surface area contributed by atoms with Crippen molar-refractivity contribution in [2.45, 2.75) is 13.8 Å². The first-order valence-electron chi connectivity index (χ1n) is 5.51. The van der Waals surface area contributed by atoms with Gasteiger partial charge in [-0.2, -0.15) is 0 Å². The van der Waals surface area contributed by atoms with E-state index >= 15 is 0 Å². The average molecular weight is 208 g/mol. The van der Waals surface area contributed by atoms with Crippen LogP contribution in [-0.4, -0.2) is 0 Å². The average Bonchev–Trinajstić information content (AvgIpc) is 2.28. The number of fused-ring (bicyclic) bond motifs is 1. The lowest BCUT2D eigenvalue weighted by atomic mass is 9.98. The second kappa shape index (κ2) is 4.36. The molecule has 0 unspecified atom stereocenters. The Hall–Kier alpha value is -1.82. The Morgan fingerprint density at radius 3 is 2.62 bits per heavy atom. The number of aryl methyl sites for hydroxylation is 2. The Bertz CT molecular complexity index is 560. The van der Waals surface area contributed by atoms with Crippen LogP contribution in [0.15, 0.2) is 49.1 Å². The van der Waals surface area contributed by atoms with E-state index in [0.29, 0.717) is 0 Å². The van der Waals surface area contributed by atoms with Gasteiger partial charge in [0.1, 0.15) is 0 Å². The molecule has 0 N–H and O–H groups in total. The molecular weight excluding hydrogens is 192 g/mol. The SMILES string of the molecule is C=C/C=C\c1c(C)ccc2cc(C)ccc12. The molecule has 0 atom stereocenters. The normalized spacial score (nSPS) is 11.1. The molecule has 0 spiro atoms. The molecule has 0 saturated carbocycles. The smallest absolute Gasteiger partial charge is 0.0109 e. The Morgan fingerprint density at radius 2 is 1.88 bits per heavy atom. The van der Waals surface area contributed by atoms with E-state index in [2.05, 4.69) is 56.8 Å². The van der Waals surface area contributed by atoms with E-state index in [1.165, 1.54) is 27.5 Å². The highest BCUT2D eigenvalue weighted by Crippen LogP contribution is 2.24. The van der Waals surface area contributed by atoms with Crippen molar-refractivity contribution in [3.8, 4) is 0 Å². The molecule has 0 heterocycles. The Balaban J connectivity index is 2.74. The van der Waals surface area contributed by atoms with E-state index in [1.54, 1.807) is 0 Å². The van der Waals surface area contributed by atoms with Crippen molar-refractivity contribution < 1.29 is 0 Å². The molecule has 0 amide bonds. The van der Waals surface area contributed by atoms with Crippen LogP contribution in [0.2, 0.25) is 0 Å². The summed E-state index contributed by atoms with van der Waals surface area (Å²) in [6.07, 6.45) is 5.92. The van der Waals surface area contributed by atoms with Crippen LogP contribution in [0.25, 0.3) is 16.8 Å². The van der Waals surface area contributed by atoms with Gasteiger partial charge < -0.3 is 0 Å². The van der Waals surface area contributed by atoms with Crippen LogP contribution < -0.4 is 0 Å². The van der Waals surface area contributed by atoms with Crippen LogP contribution in [-0.2, 0) is 0 Å². The number of hydrogen-bond donors (Lipinski definition) is 0. The van der Waals surface area contributed by atoms with E-state index in [-0.39, 0.29) is 0 Å². The lowest BCUT2D eigenvalue weighted by Gasteiger charge is -2.07. The van der Waals surface area contributed by atoms with Crippen molar-refractivity contribution in [2.75, 3.05) is 0 Å². The number of benzene rings is 2. The second-order valence-electron chi connectivity index (χ2n) is 4.12. The van der Waals surface area contributed by atoms with Crippen molar-refractivity contribution in [1.29, 1.82) is 0 Å². The fourth-order valence-corrected chi connectivity index (χ4v) is 1.97. The summed E-state index contributed by atoms with van der Waals surface area (Å²) in [4.78, 5) is 0. The molecule has 80 valence electrons. The summed E-state index contributed by atoms with van der Waals surface area (Å²) in [5, 5.41) is 2.61. The summed E-state index contributed by atoms with van der Waals surface area (Å²) in [6, 6.07) is 10.9. The van der Waals surface area contributed by atoms with Gasteiger partial charge in [0.15, 0.2) is 0 Å². The Morgan fingerprint density at radius 1 is 1.06 bits per heavy atom.